The molecule has 5 nitrogen and oxygen atoms in total. The summed E-state index contributed by atoms with van der Waals surface area (Å²) in [4.78, 5) is 14.8. The maximum atomic E-state index is 12.5. The standard InChI is InChI=1S/C21H25NO4/c1-15-19(24-2)11-17(12-20(15)25-3)21(23)26-14-16-9-10-22(13-16)18-7-5-4-6-8-18/h4-8,11-12,16H,9-10,13-14H2,1-3H3. The van der Waals surface area contributed by atoms with E-state index < -0.39 is 0 Å². The van der Waals surface area contributed by atoms with Gasteiger partial charge in [0.1, 0.15) is 11.5 Å². The molecule has 0 aliphatic carbocycles. The van der Waals surface area contributed by atoms with Crippen molar-refractivity contribution < 1.29 is 19.0 Å². The molecule has 1 aliphatic heterocycles. The van der Waals surface area contributed by atoms with Gasteiger partial charge in [-0.2, -0.15) is 0 Å². The van der Waals surface area contributed by atoms with Gasteiger partial charge in [0, 0.05) is 30.3 Å². The van der Waals surface area contributed by atoms with Crippen LogP contribution in [-0.4, -0.2) is 39.9 Å². The van der Waals surface area contributed by atoms with E-state index in [-0.39, 0.29) is 5.97 Å². The summed E-state index contributed by atoms with van der Waals surface area (Å²) in [5, 5.41) is 0. The molecule has 1 saturated heterocycles. The lowest BCUT2D eigenvalue weighted by Crippen LogP contribution is -2.22. The van der Waals surface area contributed by atoms with E-state index in [4.69, 9.17) is 14.2 Å². The van der Waals surface area contributed by atoms with Crippen molar-refractivity contribution in [3.05, 3.63) is 53.6 Å². The molecule has 26 heavy (non-hydrogen) atoms. The molecule has 0 N–H and O–H groups in total. The van der Waals surface area contributed by atoms with Crippen LogP contribution in [0.3, 0.4) is 0 Å². The summed E-state index contributed by atoms with van der Waals surface area (Å²) in [5.41, 5.74) is 2.53. The molecule has 1 fully saturated rings. The zero-order valence-electron chi connectivity index (χ0n) is 15.5. The molecule has 2 aromatic carbocycles. The van der Waals surface area contributed by atoms with Gasteiger partial charge in [0.25, 0.3) is 0 Å². The molecule has 1 aliphatic rings. The Hall–Kier alpha value is -2.69. The van der Waals surface area contributed by atoms with Crippen molar-refractivity contribution in [2.24, 2.45) is 5.92 Å². The van der Waals surface area contributed by atoms with E-state index in [1.54, 1.807) is 26.4 Å². The number of carbonyl (C=O) groups excluding carboxylic acids is 1. The lowest BCUT2D eigenvalue weighted by atomic mass is 10.1. The number of para-hydroxylation sites is 1. The summed E-state index contributed by atoms with van der Waals surface area (Å²) in [6.07, 6.45) is 1.02. The monoisotopic (exact) mass is 355 g/mol. The summed E-state index contributed by atoms with van der Waals surface area (Å²) in [6.45, 7) is 4.19. The Morgan fingerprint density at radius 2 is 1.77 bits per heavy atom. The van der Waals surface area contributed by atoms with E-state index in [9.17, 15) is 4.79 Å². The minimum absolute atomic E-state index is 0.341. The van der Waals surface area contributed by atoms with E-state index in [1.807, 2.05) is 25.1 Å². The Labute approximate surface area is 154 Å². The summed E-state index contributed by atoms with van der Waals surface area (Å²) < 4.78 is 16.2. The number of ether oxygens (including phenoxy) is 3. The molecule has 0 saturated carbocycles. The quantitative estimate of drug-likeness (QED) is 0.740. The van der Waals surface area contributed by atoms with Gasteiger partial charge in [-0.05, 0) is 37.6 Å². The Bertz CT molecular complexity index is 735. The summed E-state index contributed by atoms with van der Waals surface area (Å²) >= 11 is 0. The normalized spacial score (nSPS) is 16.4. The van der Waals surface area contributed by atoms with E-state index in [2.05, 4.69) is 17.0 Å². The van der Waals surface area contributed by atoms with Crippen LogP contribution in [0.4, 0.5) is 5.69 Å². The number of methoxy groups -OCH3 is 2. The first-order valence-corrected chi connectivity index (χ1v) is 8.82. The first kappa shape index (κ1) is 18.1. The van der Waals surface area contributed by atoms with Crippen molar-refractivity contribution in [3.63, 3.8) is 0 Å². The fraction of sp³-hybridized carbons (Fsp3) is 0.381. The maximum absolute atomic E-state index is 12.5. The number of rotatable bonds is 6. The van der Waals surface area contributed by atoms with Crippen LogP contribution in [-0.2, 0) is 4.74 Å². The number of hydrogen-bond donors (Lipinski definition) is 0. The minimum atomic E-state index is -0.347. The van der Waals surface area contributed by atoms with E-state index >= 15 is 0 Å². The molecule has 0 bridgehead atoms. The number of hydrogen-bond acceptors (Lipinski definition) is 5. The molecule has 1 unspecified atom stereocenters. The van der Waals surface area contributed by atoms with Gasteiger partial charge in [-0.15, -0.1) is 0 Å². The van der Waals surface area contributed by atoms with Gasteiger partial charge in [0.15, 0.2) is 0 Å². The summed E-state index contributed by atoms with van der Waals surface area (Å²) in [5.74, 6) is 1.23. The molecule has 0 amide bonds. The fourth-order valence-corrected chi connectivity index (χ4v) is 3.32. The highest BCUT2D eigenvalue weighted by Crippen LogP contribution is 2.30. The molecule has 0 spiro atoms. The lowest BCUT2D eigenvalue weighted by molar-refractivity contribution is 0.0450. The number of nitrogens with zero attached hydrogens (tertiary/aromatic N) is 1. The number of esters is 1. The molecular weight excluding hydrogens is 330 g/mol. The molecule has 1 atom stereocenters. The van der Waals surface area contributed by atoms with Gasteiger partial charge in [0.05, 0.1) is 26.4 Å². The smallest absolute Gasteiger partial charge is 0.338 e. The Morgan fingerprint density at radius 3 is 2.38 bits per heavy atom. The largest absolute Gasteiger partial charge is 0.496 e. The van der Waals surface area contributed by atoms with Crippen LogP contribution < -0.4 is 14.4 Å². The van der Waals surface area contributed by atoms with Crippen LogP contribution in [0.15, 0.2) is 42.5 Å². The van der Waals surface area contributed by atoms with E-state index in [0.717, 1.165) is 25.1 Å². The van der Waals surface area contributed by atoms with Crippen LogP contribution in [0.5, 0.6) is 11.5 Å². The number of anilines is 1. The highest BCUT2D eigenvalue weighted by Gasteiger charge is 2.24. The van der Waals surface area contributed by atoms with Crippen LogP contribution in [0.25, 0.3) is 0 Å². The Morgan fingerprint density at radius 1 is 1.12 bits per heavy atom. The third kappa shape index (κ3) is 3.93. The van der Waals surface area contributed by atoms with Gasteiger partial charge in [0.2, 0.25) is 0 Å². The first-order valence-electron chi connectivity index (χ1n) is 8.82. The second kappa shape index (κ2) is 8.13. The first-order chi connectivity index (χ1) is 12.6. The third-order valence-corrected chi connectivity index (χ3v) is 4.85. The van der Waals surface area contributed by atoms with E-state index in [0.29, 0.717) is 29.6 Å². The molecule has 3 rings (SSSR count). The zero-order valence-corrected chi connectivity index (χ0v) is 15.5. The van der Waals surface area contributed by atoms with Gasteiger partial charge in [-0.3, -0.25) is 0 Å². The second-order valence-electron chi connectivity index (χ2n) is 6.54. The molecule has 2 aromatic rings. The highest BCUT2D eigenvalue weighted by atomic mass is 16.5. The van der Waals surface area contributed by atoms with Crippen LogP contribution >= 0.6 is 0 Å². The Balaban J connectivity index is 1.59. The average molecular weight is 355 g/mol. The minimum Gasteiger partial charge on any atom is -0.496 e. The van der Waals surface area contributed by atoms with Crippen LogP contribution in [0.2, 0.25) is 0 Å². The lowest BCUT2D eigenvalue weighted by Gasteiger charge is -2.18. The second-order valence-corrected chi connectivity index (χ2v) is 6.54. The van der Waals surface area contributed by atoms with Crippen LogP contribution in [0.1, 0.15) is 22.3 Å². The van der Waals surface area contributed by atoms with Crippen molar-refractivity contribution in [1.29, 1.82) is 0 Å². The number of carbonyl (C=O) groups is 1. The molecule has 138 valence electrons. The van der Waals surface area contributed by atoms with Gasteiger partial charge >= 0.3 is 5.97 Å². The molecule has 0 aromatic heterocycles. The van der Waals surface area contributed by atoms with Crippen molar-refractivity contribution >= 4 is 11.7 Å². The predicted octanol–water partition coefficient (Wildman–Crippen LogP) is 3.70. The van der Waals surface area contributed by atoms with Crippen LogP contribution in [0, 0.1) is 12.8 Å². The average Bonchev–Trinajstić information content (AvgIpc) is 3.16. The SMILES string of the molecule is COc1cc(C(=O)OCC2CCN(c3ccccc3)C2)cc(OC)c1C. The third-order valence-electron chi connectivity index (χ3n) is 4.85. The van der Waals surface area contributed by atoms with Crippen molar-refractivity contribution in [1.82, 2.24) is 0 Å². The van der Waals surface area contributed by atoms with Crippen molar-refractivity contribution in [2.45, 2.75) is 13.3 Å². The zero-order chi connectivity index (χ0) is 18.5. The molecule has 0 radical (unpaired) electrons. The van der Waals surface area contributed by atoms with Gasteiger partial charge in [-0.25, -0.2) is 4.79 Å². The number of benzene rings is 2. The van der Waals surface area contributed by atoms with Gasteiger partial charge < -0.3 is 19.1 Å². The van der Waals surface area contributed by atoms with Crippen molar-refractivity contribution in [3.8, 4) is 11.5 Å². The summed E-state index contributed by atoms with van der Waals surface area (Å²) in [7, 11) is 3.15. The summed E-state index contributed by atoms with van der Waals surface area (Å²) in [6, 6.07) is 13.7. The van der Waals surface area contributed by atoms with Gasteiger partial charge in [-0.1, -0.05) is 18.2 Å². The molecule has 5 heteroatoms. The van der Waals surface area contributed by atoms with Crippen molar-refractivity contribution in [2.75, 3.05) is 38.8 Å². The molecular formula is C21H25NO4. The molecule has 1 heterocycles. The maximum Gasteiger partial charge on any atom is 0.338 e. The highest BCUT2D eigenvalue weighted by molar-refractivity contribution is 5.90. The topological polar surface area (TPSA) is 48.0 Å². The predicted molar refractivity (Wildman–Crippen MR) is 101 cm³/mol. The Kier molecular flexibility index (Phi) is 5.66. The fourth-order valence-electron chi connectivity index (χ4n) is 3.32. The van der Waals surface area contributed by atoms with E-state index in [1.165, 1.54) is 5.69 Å².